The van der Waals surface area contributed by atoms with E-state index in [-0.39, 0.29) is 11.8 Å². The molecule has 2 amide bonds. The predicted molar refractivity (Wildman–Crippen MR) is 81.2 cm³/mol. The zero-order valence-corrected chi connectivity index (χ0v) is 12.8. The van der Waals surface area contributed by atoms with Gasteiger partial charge in [-0.2, -0.15) is 0 Å². The second-order valence-corrected chi connectivity index (χ2v) is 6.19. The lowest BCUT2D eigenvalue weighted by Crippen LogP contribution is -2.40. The number of benzene rings is 1. The van der Waals surface area contributed by atoms with Crippen LogP contribution in [0.2, 0.25) is 0 Å². The fraction of sp³-hybridized carbons (Fsp3) is 0.500. The molecule has 0 aliphatic carbocycles. The molecule has 1 fully saturated rings. The van der Waals surface area contributed by atoms with Gasteiger partial charge in [-0.25, -0.2) is 0 Å². The Morgan fingerprint density at radius 1 is 1.19 bits per heavy atom. The highest BCUT2D eigenvalue weighted by atomic mass is 16.5. The van der Waals surface area contributed by atoms with Gasteiger partial charge in [0.1, 0.15) is 0 Å². The number of anilines is 1. The highest BCUT2D eigenvalue weighted by molar-refractivity contribution is 5.98. The molecule has 0 bridgehead atoms. The number of rotatable bonds is 2. The molecular formula is C16H22N2O3. The maximum Gasteiger partial charge on any atom is 0.254 e. The lowest BCUT2D eigenvalue weighted by atomic mass is 9.95. The van der Waals surface area contributed by atoms with Crippen molar-refractivity contribution in [1.29, 1.82) is 0 Å². The van der Waals surface area contributed by atoms with Crippen LogP contribution in [0.15, 0.2) is 24.3 Å². The van der Waals surface area contributed by atoms with E-state index in [2.05, 4.69) is 5.32 Å². The Bertz CT molecular complexity index is 529. The Morgan fingerprint density at radius 2 is 1.86 bits per heavy atom. The van der Waals surface area contributed by atoms with E-state index in [9.17, 15) is 9.59 Å². The smallest absolute Gasteiger partial charge is 0.254 e. The van der Waals surface area contributed by atoms with Gasteiger partial charge in [0.2, 0.25) is 5.91 Å². The van der Waals surface area contributed by atoms with Crippen molar-refractivity contribution >= 4 is 17.5 Å². The molecule has 1 aliphatic heterocycles. The standard InChI is InChI=1S/C16H22N2O3/c1-16(2,3)15(20)17-13-6-4-5-12(11-13)14(19)18-7-9-21-10-8-18/h4-6,11H,7-10H2,1-3H3,(H,17,20). The molecule has 0 unspecified atom stereocenters. The Balaban J connectivity index is 2.10. The summed E-state index contributed by atoms with van der Waals surface area (Å²) in [6.45, 7) is 7.93. The van der Waals surface area contributed by atoms with Gasteiger partial charge in [-0.05, 0) is 18.2 Å². The van der Waals surface area contributed by atoms with Crippen molar-refractivity contribution in [2.75, 3.05) is 31.6 Å². The van der Waals surface area contributed by atoms with E-state index >= 15 is 0 Å². The van der Waals surface area contributed by atoms with Crippen LogP contribution in [-0.2, 0) is 9.53 Å². The molecule has 1 aromatic carbocycles. The van der Waals surface area contributed by atoms with Crippen LogP contribution < -0.4 is 5.32 Å². The molecule has 0 saturated carbocycles. The summed E-state index contributed by atoms with van der Waals surface area (Å²) in [5, 5.41) is 2.85. The van der Waals surface area contributed by atoms with E-state index in [1.807, 2.05) is 20.8 Å². The molecule has 5 heteroatoms. The molecule has 0 spiro atoms. The first-order valence-corrected chi connectivity index (χ1v) is 7.16. The number of hydrogen-bond donors (Lipinski definition) is 1. The highest BCUT2D eigenvalue weighted by Crippen LogP contribution is 2.19. The summed E-state index contributed by atoms with van der Waals surface area (Å²) in [6, 6.07) is 7.07. The van der Waals surface area contributed by atoms with Crippen molar-refractivity contribution in [3.8, 4) is 0 Å². The summed E-state index contributed by atoms with van der Waals surface area (Å²) in [4.78, 5) is 26.2. The molecule has 0 aromatic heterocycles. The fourth-order valence-corrected chi connectivity index (χ4v) is 2.00. The molecule has 0 radical (unpaired) electrons. The zero-order chi connectivity index (χ0) is 15.5. The summed E-state index contributed by atoms with van der Waals surface area (Å²) < 4.78 is 5.25. The Hall–Kier alpha value is -1.88. The minimum Gasteiger partial charge on any atom is -0.378 e. The van der Waals surface area contributed by atoms with E-state index in [1.54, 1.807) is 29.2 Å². The van der Waals surface area contributed by atoms with Crippen molar-refractivity contribution in [3.05, 3.63) is 29.8 Å². The van der Waals surface area contributed by atoms with Crippen molar-refractivity contribution in [1.82, 2.24) is 4.90 Å². The van der Waals surface area contributed by atoms with Crippen LogP contribution in [0.3, 0.4) is 0 Å². The lowest BCUT2D eigenvalue weighted by Gasteiger charge is -2.27. The minimum atomic E-state index is -0.468. The van der Waals surface area contributed by atoms with Gasteiger partial charge >= 0.3 is 0 Å². The second-order valence-electron chi connectivity index (χ2n) is 6.19. The van der Waals surface area contributed by atoms with E-state index < -0.39 is 5.41 Å². The maximum atomic E-state index is 12.4. The van der Waals surface area contributed by atoms with Gasteiger partial charge in [0.05, 0.1) is 13.2 Å². The third kappa shape index (κ3) is 4.04. The number of morpholine rings is 1. The molecular weight excluding hydrogens is 268 g/mol. The quantitative estimate of drug-likeness (QED) is 0.908. The second kappa shape index (κ2) is 6.26. The molecule has 21 heavy (non-hydrogen) atoms. The molecule has 0 atom stereocenters. The molecule has 1 heterocycles. The van der Waals surface area contributed by atoms with Gasteiger partial charge in [-0.1, -0.05) is 26.8 Å². The van der Waals surface area contributed by atoms with Crippen LogP contribution in [0.1, 0.15) is 31.1 Å². The number of nitrogens with zero attached hydrogens (tertiary/aromatic N) is 1. The first kappa shape index (κ1) is 15.5. The maximum absolute atomic E-state index is 12.4. The topological polar surface area (TPSA) is 58.6 Å². The van der Waals surface area contributed by atoms with E-state index in [4.69, 9.17) is 4.74 Å². The van der Waals surface area contributed by atoms with Crippen LogP contribution in [0, 0.1) is 5.41 Å². The van der Waals surface area contributed by atoms with E-state index in [0.29, 0.717) is 37.6 Å². The number of nitrogens with one attached hydrogen (secondary N) is 1. The molecule has 1 saturated heterocycles. The van der Waals surface area contributed by atoms with E-state index in [0.717, 1.165) is 0 Å². The van der Waals surface area contributed by atoms with Crippen LogP contribution in [-0.4, -0.2) is 43.0 Å². The summed E-state index contributed by atoms with van der Waals surface area (Å²) in [5.41, 5.74) is 0.766. The molecule has 1 aliphatic rings. The number of ether oxygens (including phenoxy) is 1. The van der Waals surface area contributed by atoms with Crippen molar-refractivity contribution in [2.45, 2.75) is 20.8 Å². The fourth-order valence-electron chi connectivity index (χ4n) is 2.00. The first-order chi connectivity index (χ1) is 9.88. The highest BCUT2D eigenvalue weighted by Gasteiger charge is 2.22. The van der Waals surface area contributed by atoms with Gasteiger partial charge in [-0.3, -0.25) is 9.59 Å². The lowest BCUT2D eigenvalue weighted by molar-refractivity contribution is -0.123. The van der Waals surface area contributed by atoms with Crippen LogP contribution in [0.4, 0.5) is 5.69 Å². The molecule has 2 rings (SSSR count). The zero-order valence-electron chi connectivity index (χ0n) is 12.8. The number of amides is 2. The van der Waals surface area contributed by atoms with Crippen LogP contribution in [0.25, 0.3) is 0 Å². The van der Waals surface area contributed by atoms with Crippen LogP contribution in [0.5, 0.6) is 0 Å². The molecule has 1 N–H and O–H groups in total. The first-order valence-electron chi connectivity index (χ1n) is 7.16. The predicted octanol–water partition coefficient (Wildman–Crippen LogP) is 2.14. The van der Waals surface area contributed by atoms with Gasteiger partial charge in [0.15, 0.2) is 0 Å². The molecule has 5 nitrogen and oxygen atoms in total. The Labute approximate surface area is 125 Å². The summed E-state index contributed by atoms with van der Waals surface area (Å²) in [5.74, 6) is -0.0939. The van der Waals surface area contributed by atoms with Crippen LogP contribution >= 0.6 is 0 Å². The average molecular weight is 290 g/mol. The number of hydrogen-bond acceptors (Lipinski definition) is 3. The Morgan fingerprint density at radius 3 is 2.48 bits per heavy atom. The summed E-state index contributed by atoms with van der Waals surface area (Å²) in [6.07, 6.45) is 0. The third-order valence-electron chi connectivity index (χ3n) is 3.35. The summed E-state index contributed by atoms with van der Waals surface area (Å²) >= 11 is 0. The minimum absolute atomic E-state index is 0.0230. The number of carbonyl (C=O) groups excluding carboxylic acids is 2. The third-order valence-corrected chi connectivity index (χ3v) is 3.35. The SMILES string of the molecule is CC(C)(C)C(=O)Nc1cccc(C(=O)N2CCOCC2)c1. The Kier molecular flexibility index (Phi) is 4.63. The summed E-state index contributed by atoms with van der Waals surface area (Å²) in [7, 11) is 0. The van der Waals surface area contributed by atoms with Gasteiger partial charge in [0, 0.05) is 29.8 Å². The van der Waals surface area contributed by atoms with Gasteiger partial charge in [-0.15, -0.1) is 0 Å². The normalized spacial score (nSPS) is 15.7. The van der Waals surface area contributed by atoms with Crippen molar-refractivity contribution in [2.24, 2.45) is 5.41 Å². The largest absolute Gasteiger partial charge is 0.378 e. The van der Waals surface area contributed by atoms with E-state index in [1.165, 1.54) is 0 Å². The average Bonchev–Trinajstić information content (AvgIpc) is 2.46. The molecule has 1 aromatic rings. The number of carbonyl (C=O) groups is 2. The van der Waals surface area contributed by atoms with Crippen molar-refractivity contribution < 1.29 is 14.3 Å². The monoisotopic (exact) mass is 290 g/mol. The molecule has 114 valence electrons. The van der Waals surface area contributed by atoms with Gasteiger partial charge < -0.3 is 15.0 Å². The van der Waals surface area contributed by atoms with Crippen molar-refractivity contribution in [3.63, 3.8) is 0 Å². The van der Waals surface area contributed by atoms with Gasteiger partial charge in [0.25, 0.3) is 5.91 Å².